The van der Waals surface area contributed by atoms with Crippen LogP contribution in [0, 0.1) is 0 Å². The Balaban J connectivity index is 1.89. The first-order valence-corrected chi connectivity index (χ1v) is 9.10. The quantitative estimate of drug-likeness (QED) is 0.482. The van der Waals surface area contributed by atoms with Gasteiger partial charge in [-0.3, -0.25) is 0 Å². The van der Waals surface area contributed by atoms with Gasteiger partial charge in [-0.2, -0.15) is 0 Å². The fourth-order valence-electron chi connectivity index (χ4n) is 4.18. The van der Waals surface area contributed by atoms with E-state index in [0.29, 0.717) is 0 Å². The van der Waals surface area contributed by atoms with Crippen molar-refractivity contribution < 1.29 is 4.42 Å². The Morgan fingerprint density at radius 2 is 1.73 bits per heavy atom. The maximum atomic E-state index is 5.87. The number of allylic oxidation sites excluding steroid dienone is 2. The van der Waals surface area contributed by atoms with E-state index in [4.69, 9.17) is 4.42 Å². The molecule has 26 heavy (non-hydrogen) atoms. The Labute approximate surface area is 155 Å². The first-order chi connectivity index (χ1) is 12.5. The van der Waals surface area contributed by atoms with E-state index < -0.39 is 0 Å². The Morgan fingerprint density at radius 3 is 2.42 bits per heavy atom. The number of hydrogen-bond donors (Lipinski definition) is 0. The van der Waals surface area contributed by atoms with Crippen molar-refractivity contribution in [3.63, 3.8) is 0 Å². The number of rotatable bonds is 3. The molecule has 1 aliphatic carbocycles. The molecule has 0 fully saturated rings. The van der Waals surface area contributed by atoms with Crippen LogP contribution in [0.1, 0.15) is 49.6 Å². The summed E-state index contributed by atoms with van der Waals surface area (Å²) in [4.78, 5) is 0. The maximum absolute atomic E-state index is 5.87. The largest absolute Gasteiger partial charge is 0.456 e. The molecule has 3 aromatic rings. The molecule has 130 valence electrons. The zero-order valence-corrected chi connectivity index (χ0v) is 15.7. The maximum Gasteiger partial charge on any atom is 0.135 e. The Kier molecular flexibility index (Phi) is 3.77. The van der Waals surface area contributed by atoms with E-state index in [1.807, 2.05) is 12.1 Å². The van der Waals surface area contributed by atoms with Crippen LogP contribution < -0.4 is 0 Å². The fraction of sp³-hybridized carbons (Fsp3) is 0.200. The fourth-order valence-corrected chi connectivity index (χ4v) is 4.18. The summed E-state index contributed by atoms with van der Waals surface area (Å²) < 4.78 is 5.87. The number of hydrogen-bond acceptors (Lipinski definition) is 1. The molecule has 0 saturated carbocycles. The molecule has 0 spiro atoms. The molecular formula is C25H24O. The standard InChI is InChI=1S/C25H24O/c1-6-16-15-25(4,5)22-11-9-17(13-20(16)22)18-10-12-24-21(14-18)19(7-2)23(8-3)26-24/h6-14H,2-3,15H2,1,4-5H3/b16-6+. The van der Waals surface area contributed by atoms with Gasteiger partial charge in [-0.05, 0) is 70.9 Å². The second kappa shape index (κ2) is 5.88. The molecule has 0 atom stereocenters. The summed E-state index contributed by atoms with van der Waals surface area (Å²) in [5, 5.41) is 1.08. The summed E-state index contributed by atoms with van der Waals surface area (Å²) in [7, 11) is 0. The summed E-state index contributed by atoms with van der Waals surface area (Å²) in [6.45, 7) is 14.6. The molecular weight excluding hydrogens is 316 g/mol. The van der Waals surface area contributed by atoms with Crippen LogP contribution in [-0.4, -0.2) is 0 Å². The van der Waals surface area contributed by atoms with Crippen LogP contribution in [0.5, 0.6) is 0 Å². The van der Waals surface area contributed by atoms with Crippen LogP contribution in [0.25, 0.3) is 39.8 Å². The van der Waals surface area contributed by atoms with Crippen molar-refractivity contribution in [2.45, 2.75) is 32.6 Å². The van der Waals surface area contributed by atoms with Gasteiger partial charge in [0.25, 0.3) is 0 Å². The lowest BCUT2D eigenvalue weighted by atomic mass is 9.86. The van der Waals surface area contributed by atoms with E-state index in [1.165, 1.54) is 27.8 Å². The van der Waals surface area contributed by atoms with Crippen LogP contribution in [0.15, 0.2) is 60.0 Å². The minimum absolute atomic E-state index is 0.207. The summed E-state index contributed by atoms with van der Waals surface area (Å²) in [6.07, 6.45) is 6.94. The molecule has 0 bridgehead atoms. The van der Waals surface area contributed by atoms with E-state index in [1.54, 1.807) is 6.08 Å². The van der Waals surface area contributed by atoms with E-state index in [-0.39, 0.29) is 5.41 Å². The Bertz CT molecular complexity index is 1070. The number of furan rings is 1. The summed E-state index contributed by atoms with van der Waals surface area (Å²) >= 11 is 0. The predicted molar refractivity (Wildman–Crippen MR) is 113 cm³/mol. The van der Waals surface area contributed by atoms with Gasteiger partial charge in [0.1, 0.15) is 11.3 Å². The monoisotopic (exact) mass is 340 g/mol. The summed E-state index contributed by atoms with van der Waals surface area (Å²) in [5.41, 5.74) is 8.79. The van der Waals surface area contributed by atoms with Gasteiger partial charge in [-0.15, -0.1) is 0 Å². The van der Waals surface area contributed by atoms with E-state index in [9.17, 15) is 0 Å². The molecule has 1 aromatic heterocycles. The smallest absolute Gasteiger partial charge is 0.135 e. The highest BCUT2D eigenvalue weighted by Crippen LogP contribution is 2.46. The van der Waals surface area contributed by atoms with E-state index >= 15 is 0 Å². The van der Waals surface area contributed by atoms with Crippen molar-refractivity contribution in [3.8, 4) is 11.1 Å². The molecule has 0 amide bonds. The third kappa shape index (κ3) is 2.39. The first-order valence-electron chi connectivity index (χ1n) is 9.10. The molecule has 1 nitrogen and oxygen atoms in total. The van der Waals surface area contributed by atoms with Gasteiger partial charge in [-0.25, -0.2) is 0 Å². The van der Waals surface area contributed by atoms with Crippen molar-refractivity contribution in [1.29, 1.82) is 0 Å². The average molecular weight is 340 g/mol. The van der Waals surface area contributed by atoms with Gasteiger partial charge in [0.05, 0.1) is 0 Å². The minimum atomic E-state index is 0.207. The molecule has 1 aliphatic rings. The van der Waals surface area contributed by atoms with Crippen molar-refractivity contribution in [1.82, 2.24) is 0 Å². The van der Waals surface area contributed by atoms with Crippen molar-refractivity contribution in [2.75, 3.05) is 0 Å². The normalized spacial score (nSPS) is 16.8. The lowest BCUT2D eigenvalue weighted by Crippen LogP contribution is -2.11. The molecule has 0 radical (unpaired) electrons. The third-order valence-corrected chi connectivity index (χ3v) is 5.55. The topological polar surface area (TPSA) is 13.1 Å². The van der Waals surface area contributed by atoms with Gasteiger partial charge in [0, 0.05) is 10.9 Å². The van der Waals surface area contributed by atoms with Crippen LogP contribution in [-0.2, 0) is 5.41 Å². The van der Waals surface area contributed by atoms with Crippen LogP contribution >= 0.6 is 0 Å². The second-order valence-electron chi connectivity index (χ2n) is 7.63. The van der Waals surface area contributed by atoms with Gasteiger partial charge < -0.3 is 4.42 Å². The number of fused-ring (bicyclic) bond motifs is 2. The lowest BCUT2D eigenvalue weighted by Gasteiger charge is -2.18. The first kappa shape index (κ1) is 16.7. The highest BCUT2D eigenvalue weighted by Gasteiger charge is 2.32. The molecule has 2 aromatic carbocycles. The van der Waals surface area contributed by atoms with Crippen molar-refractivity contribution >= 4 is 28.7 Å². The van der Waals surface area contributed by atoms with Crippen molar-refractivity contribution in [3.05, 3.63) is 78.1 Å². The van der Waals surface area contributed by atoms with E-state index in [0.717, 1.165) is 28.7 Å². The average Bonchev–Trinajstić information content (AvgIpc) is 3.14. The van der Waals surface area contributed by atoms with Crippen molar-refractivity contribution in [2.24, 2.45) is 0 Å². The summed E-state index contributed by atoms with van der Waals surface area (Å²) in [5.74, 6) is 0.777. The SMILES string of the molecule is C=Cc1oc2ccc(-c3ccc4c(c3)/C(=C/C)CC4(C)C)cc2c1C=C. The second-order valence-corrected chi connectivity index (χ2v) is 7.63. The van der Waals surface area contributed by atoms with Crippen LogP contribution in [0.2, 0.25) is 0 Å². The molecule has 0 saturated heterocycles. The van der Waals surface area contributed by atoms with Gasteiger partial charge in [0.15, 0.2) is 0 Å². The highest BCUT2D eigenvalue weighted by molar-refractivity contribution is 5.94. The van der Waals surface area contributed by atoms with Crippen LogP contribution in [0.3, 0.4) is 0 Å². The number of benzene rings is 2. The van der Waals surface area contributed by atoms with Crippen LogP contribution in [0.4, 0.5) is 0 Å². The summed E-state index contributed by atoms with van der Waals surface area (Å²) in [6, 6.07) is 13.2. The molecule has 1 heterocycles. The predicted octanol–water partition coefficient (Wildman–Crippen LogP) is 7.47. The minimum Gasteiger partial charge on any atom is -0.456 e. The molecule has 1 heteroatoms. The zero-order chi connectivity index (χ0) is 18.5. The third-order valence-electron chi connectivity index (χ3n) is 5.55. The zero-order valence-electron chi connectivity index (χ0n) is 15.7. The van der Waals surface area contributed by atoms with E-state index in [2.05, 4.69) is 70.3 Å². The van der Waals surface area contributed by atoms with Gasteiger partial charge in [0.2, 0.25) is 0 Å². The van der Waals surface area contributed by atoms with Gasteiger partial charge >= 0.3 is 0 Å². The molecule has 4 rings (SSSR count). The molecule has 0 N–H and O–H groups in total. The molecule has 0 unspecified atom stereocenters. The van der Waals surface area contributed by atoms with Gasteiger partial charge in [-0.1, -0.05) is 57.4 Å². The highest BCUT2D eigenvalue weighted by atomic mass is 16.3. The molecule has 0 aliphatic heterocycles. The Morgan fingerprint density at radius 1 is 1.00 bits per heavy atom. The Hall–Kier alpha value is -2.80. The lowest BCUT2D eigenvalue weighted by molar-refractivity contribution is 0.563.